The smallest absolute Gasteiger partial charge is 0.275 e. The second kappa shape index (κ2) is 9.18. The van der Waals surface area contributed by atoms with Crippen molar-refractivity contribution >= 4 is 17.5 Å². The largest absolute Gasteiger partial charge is 0.347 e. The Kier molecular flexibility index (Phi) is 6.42. The van der Waals surface area contributed by atoms with E-state index >= 15 is 0 Å². The van der Waals surface area contributed by atoms with E-state index in [0.29, 0.717) is 18.1 Å². The highest BCUT2D eigenvalue weighted by atomic mass is 35.5. The Hall–Kier alpha value is -2.62. The molecule has 0 aliphatic carbocycles. The lowest BCUT2D eigenvalue weighted by Crippen LogP contribution is -2.87. The molecule has 1 amide bonds. The fourth-order valence-corrected chi connectivity index (χ4v) is 3.12. The van der Waals surface area contributed by atoms with Crippen LogP contribution in [0.3, 0.4) is 0 Å². The van der Waals surface area contributed by atoms with E-state index < -0.39 is 0 Å². The van der Waals surface area contributed by atoms with Gasteiger partial charge in [-0.2, -0.15) is 0 Å². The number of rotatable bonds is 7. The highest BCUT2D eigenvalue weighted by Gasteiger charge is 2.18. The summed E-state index contributed by atoms with van der Waals surface area (Å²) in [6.45, 7) is 0.784. The van der Waals surface area contributed by atoms with Crippen molar-refractivity contribution in [1.29, 1.82) is 0 Å². The molecule has 3 nitrogen and oxygen atoms in total. The Morgan fingerprint density at radius 3 is 1.96 bits per heavy atom. The summed E-state index contributed by atoms with van der Waals surface area (Å²) in [5.41, 5.74) is 3.28. The normalized spacial score (nSPS) is 10.7. The predicted molar refractivity (Wildman–Crippen MR) is 105 cm³/mol. The first kappa shape index (κ1) is 18.2. The van der Waals surface area contributed by atoms with Crippen molar-refractivity contribution in [3.63, 3.8) is 0 Å². The molecule has 3 aromatic carbocycles. The molecule has 3 N–H and O–H groups in total. The van der Waals surface area contributed by atoms with Crippen LogP contribution >= 0.6 is 11.6 Å². The number of hydrogen-bond acceptors (Lipinski definition) is 1. The standard InChI is InChI=1S/C22H21ClN2O/c23-20-14-8-7-13-19(20)15-24-21(26)16-25-22(17-9-3-1-4-10-17)18-11-5-2-6-12-18/h1-14,22,25H,15-16H2,(H,24,26)/p+1. The molecule has 0 unspecified atom stereocenters. The first-order valence-electron chi connectivity index (χ1n) is 8.67. The highest BCUT2D eigenvalue weighted by molar-refractivity contribution is 6.31. The highest BCUT2D eigenvalue weighted by Crippen LogP contribution is 2.17. The monoisotopic (exact) mass is 365 g/mol. The second-order valence-electron chi connectivity index (χ2n) is 6.11. The summed E-state index contributed by atoms with van der Waals surface area (Å²) in [4.78, 5) is 12.3. The maximum Gasteiger partial charge on any atom is 0.275 e. The van der Waals surface area contributed by atoms with Crippen molar-refractivity contribution in [1.82, 2.24) is 5.32 Å². The number of carbonyl (C=O) groups is 1. The molecule has 0 fully saturated rings. The number of amides is 1. The van der Waals surface area contributed by atoms with Gasteiger partial charge in [0.05, 0.1) is 0 Å². The summed E-state index contributed by atoms with van der Waals surface area (Å²) in [6.07, 6.45) is 0. The summed E-state index contributed by atoms with van der Waals surface area (Å²) in [5.74, 6) is -0.0122. The molecule has 132 valence electrons. The Balaban J connectivity index is 1.63. The maximum absolute atomic E-state index is 12.3. The number of quaternary nitrogens is 1. The fraction of sp³-hybridized carbons (Fsp3) is 0.136. The van der Waals surface area contributed by atoms with Crippen LogP contribution in [0.15, 0.2) is 84.9 Å². The van der Waals surface area contributed by atoms with E-state index in [1.807, 2.05) is 60.7 Å². The third-order valence-electron chi connectivity index (χ3n) is 4.29. The minimum Gasteiger partial charge on any atom is -0.347 e. The molecule has 0 saturated heterocycles. The first-order chi connectivity index (χ1) is 12.7. The molecule has 0 aliphatic rings. The number of halogens is 1. The van der Waals surface area contributed by atoms with Gasteiger partial charge < -0.3 is 10.6 Å². The topological polar surface area (TPSA) is 45.7 Å². The summed E-state index contributed by atoms with van der Waals surface area (Å²) < 4.78 is 0. The molecule has 0 atom stereocenters. The van der Waals surface area contributed by atoms with E-state index in [2.05, 4.69) is 34.9 Å². The number of nitrogens with two attached hydrogens (primary N) is 1. The number of carbonyl (C=O) groups excluding carboxylic acids is 1. The minimum absolute atomic E-state index is 0.0122. The zero-order chi connectivity index (χ0) is 18.2. The number of hydrogen-bond donors (Lipinski definition) is 2. The first-order valence-corrected chi connectivity index (χ1v) is 9.05. The van der Waals surface area contributed by atoms with E-state index in [9.17, 15) is 4.79 Å². The van der Waals surface area contributed by atoms with Crippen molar-refractivity contribution in [3.8, 4) is 0 Å². The zero-order valence-electron chi connectivity index (χ0n) is 14.4. The average molecular weight is 366 g/mol. The summed E-state index contributed by atoms with van der Waals surface area (Å²) in [7, 11) is 0. The van der Waals surface area contributed by atoms with E-state index in [1.54, 1.807) is 0 Å². The van der Waals surface area contributed by atoms with Gasteiger partial charge >= 0.3 is 0 Å². The quantitative estimate of drug-likeness (QED) is 0.663. The van der Waals surface area contributed by atoms with E-state index in [4.69, 9.17) is 11.6 Å². The van der Waals surface area contributed by atoms with Crippen molar-refractivity contribution in [2.75, 3.05) is 6.54 Å². The lowest BCUT2D eigenvalue weighted by Gasteiger charge is -2.16. The lowest BCUT2D eigenvalue weighted by atomic mass is 9.99. The van der Waals surface area contributed by atoms with Gasteiger partial charge in [0, 0.05) is 22.7 Å². The molecule has 0 bridgehead atoms. The Morgan fingerprint density at radius 2 is 1.38 bits per heavy atom. The molecule has 3 rings (SSSR count). The molecule has 0 aromatic heterocycles. The predicted octanol–water partition coefficient (Wildman–Crippen LogP) is 3.31. The van der Waals surface area contributed by atoms with Crippen LogP contribution < -0.4 is 10.6 Å². The van der Waals surface area contributed by atoms with Crippen molar-refractivity contribution in [3.05, 3.63) is 107 Å². The third-order valence-corrected chi connectivity index (χ3v) is 4.66. The van der Waals surface area contributed by atoms with E-state index in [1.165, 1.54) is 11.1 Å². The molecular formula is C22H22ClN2O+. The molecule has 4 heteroatoms. The molecule has 26 heavy (non-hydrogen) atoms. The lowest BCUT2D eigenvalue weighted by molar-refractivity contribution is -0.676. The number of nitrogens with one attached hydrogen (secondary N) is 1. The molecule has 0 saturated carbocycles. The van der Waals surface area contributed by atoms with Gasteiger partial charge in [0.2, 0.25) is 0 Å². The van der Waals surface area contributed by atoms with Crippen LogP contribution in [0.2, 0.25) is 5.02 Å². The van der Waals surface area contributed by atoms with Crippen LogP contribution in [-0.2, 0) is 11.3 Å². The maximum atomic E-state index is 12.3. The Bertz CT molecular complexity index is 798. The molecular weight excluding hydrogens is 344 g/mol. The van der Waals surface area contributed by atoms with Crippen molar-refractivity contribution in [2.45, 2.75) is 12.6 Å². The summed E-state index contributed by atoms with van der Waals surface area (Å²) >= 11 is 6.14. The Labute approximate surface area is 159 Å². The van der Waals surface area contributed by atoms with Crippen LogP contribution in [0.25, 0.3) is 0 Å². The fourth-order valence-electron chi connectivity index (χ4n) is 2.92. The van der Waals surface area contributed by atoms with Crippen LogP contribution in [0, 0.1) is 0 Å². The second-order valence-corrected chi connectivity index (χ2v) is 6.51. The minimum atomic E-state index is -0.0122. The molecule has 0 radical (unpaired) electrons. The summed E-state index contributed by atoms with van der Waals surface area (Å²) in [6, 6.07) is 28.1. The van der Waals surface area contributed by atoms with Crippen LogP contribution in [-0.4, -0.2) is 12.5 Å². The molecule has 0 aliphatic heterocycles. The third kappa shape index (κ3) is 4.94. The van der Waals surface area contributed by atoms with Gasteiger partial charge in [-0.15, -0.1) is 0 Å². The average Bonchev–Trinajstić information content (AvgIpc) is 2.69. The van der Waals surface area contributed by atoms with E-state index in [-0.39, 0.29) is 11.9 Å². The van der Waals surface area contributed by atoms with Crippen LogP contribution in [0.4, 0.5) is 0 Å². The van der Waals surface area contributed by atoms with E-state index in [0.717, 1.165) is 5.56 Å². The van der Waals surface area contributed by atoms with Gasteiger partial charge in [-0.25, -0.2) is 0 Å². The summed E-state index contributed by atoms with van der Waals surface area (Å²) in [5, 5.41) is 5.68. The van der Waals surface area contributed by atoms with Crippen molar-refractivity contribution < 1.29 is 10.1 Å². The number of benzene rings is 3. The Morgan fingerprint density at radius 1 is 0.846 bits per heavy atom. The zero-order valence-corrected chi connectivity index (χ0v) is 15.2. The van der Waals surface area contributed by atoms with Gasteiger partial charge in [0.15, 0.2) is 6.54 Å². The SMILES string of the molecule is O=C(C[NH2+]C(c1ccccc1)c1ccccc1)NCc1ccccc1Cl. The van der Waals surface area contributed by atoms with Gasteiger partial charge in [-0.1, -0.05) is 90.5 Å². The van der Waals surface area contributed by atoms with Gasteiger partial charge in [-0.05, 0) is 11.6 Å². The van der Waals surface area contributed by atoms with Crippen molar-refractivity contribution in [2.24, 2.45) is 0 Å². The molecule has 3 aromatic rings. The van der Waals surface area contributed by atoms with Gasteiger partial charge in [0.25, 0.3) is 5.91 Å². The van der Waals surface area contributed by atoms with Crippen LogP contribution in [0.1, 0.15) is 22.7 Å². The van der Waals surface area contributed by atoms with Crippen LogP contribution in [0.5, 0.6) is 0 Å². The molecule has 0 heterocycles. The van der Waals surface area contributed by atoms with Gasteiger partial charge in [-0.3, -0.25) is 4.79 Å². The van der Waals surface area contributed by atoms with Gasteiger partial charge in [0.1, 0.15) is 6.04 Å². The molecule has 0 spiro atoms.